The summed E-state index contributed by atoms with van der Waals surface area (Å²) in [5.74, 6) is 1.36. The van der Waals surface area contributed by atoms with Gasteiger partial charge in [-0.25, -0.2) is 4.98 Å². The molecule has 0 amide bonds. The predicted molar refractivity (Wildman–Crippen MR) is 103 cm³/mol. The number of nitrogens with one attached hydrogen (secondary N) is 2. The highest BCUT2D eigenvalue weighted by atomic mass is 79.9. The number of hydrogen-bond donors (Lipinski definition) is 2. The molecule has 0 aliphatic carbocycles. The fraction of sp³-hybridized carbons (Fsp3) is 0.158. The number of aromatic nitrogens is 2. The smallest absolute Gasteiger partial charge is 0.224 e. The van der Waals surface area contributed by atoms with Gasteiger partial charge in [0.05, 0.1) is 0 Å². The summed E-state index contributed by atoms with van der Waals surface area (Å²) in [6.45, 7) is 4.84. The number of halogens is 1. The van der Waals surface area contributed by atoms with E-state index in [0.29, 0.717) is 12.5 Å². The van der Waals surface area contributed by atoms with Crippen molar-refractivity contribution in [3.05, 3.63) is 75.9 Å². The molecule has 0 saturated heterocycles. The van der Waals surface area contributed by atoms with Crippen molar-refractivity contribution in [1.82, 2.24) is 9.97 Å². The van der Waals surface area contributed by atoms with E-state index in [-0.39, 0.29) is 0 Å². The highest BCUT2D eigenvalue weighted by Gasteiger charge is 2.02. The van der Waals surface area contributed by atoms with Crippen molar-refractivity contribution < 1.29 is 0 Å². The summed E-state index contributed by atoms with van der Waals surface area (Å²) in [7, 11) is 0. The van der Waals surface area contributed by atoms with Gasteiger partial charge in [0.25, 0.3) is 0 Å². The quantitative estimate of drug-likeness (QED) is 0.635. The van der Waals surface area contributed by atoms with E-state index in [2.05, 4.69) is 80.7 Å². The number of aryl methyl sites for hydroxylation is 2. The molecular weight excluding hydrogens is 364 g/mol. The zero-order chi connectivity index (χ0) is 16.9. The highest BCUT2D eigenvalue weighted by molar-refractivity contribution is 9.10. The summed E-state index contributed by atoms with van der Waals surface area (Å²) in [6, 6.07) is 16.4. The van der Waals surface area contributed by atoms with Gasteiger partial charge >= 0.3 is 0 Å². The molecule has 0 spiro atoms. The van der Waals surface area contributed by atoms with Crippen LogP contribution < -0.4 is 10.6 Å². The molecule has 0 fully saturated rings. The molecule has 0 aliphatic rings. The maximum absolute atomic E-state index is 4.51. The van der Waals surface area contributed by atoms with Crippen molar-refractivity contribution in [1.29, 1.82) is 0 Å². The fourth-order valence-electron chi connectivity index (χ4n) is 2.34. The van der Waals surface area contributed by atoms with E-state index >= 15 is 0 Å². The fourth-order valence-corrected chi connectivity index (χ4v) is 2.71. The van der Waals surface area contributed by atoms with E-state index in [0.717, 1.165) is 16.0 Å². The Morgan fingerprint density at radius 1 is 1.04 bits per heavy atom. The van der Waals surface area contributed by atoms with Gasteiger partial charge in [0.2, 0.25) is 5.95 Å². The van der Waals surface area contributed by atoms with Crippen LogP contribution in [0.3, 0.4) is 0 Å². The molecule has 3 aromatic rings. The maximum atomic E-state index is 4.51. The van der Waals surface area contributed by atoms with Crippen molar-refractivity contribution in [2.24, 2.45) is 0 Å². The van der Waals surface area contributed by atoms with Crippen LogP contribution in [0.4, 0.5) is 17.5 Å². The summed E-state index contributed by atoms with van der Waals surface area (Å²) in [5, 5.41) is 6.56. The lowest BCUT2D eigenvalue weighted by Crippen LogP contribution is -2.05. The van der Waals surface area contributed by atoms with Gasteiger partial charge in [-0.1, -0.05) is 51.8 Å². The number of rotatable bonds is 5. The minimum Gasteiger partial charge on any atom is -0.350 e. The summed E-state index contributed by atoms with van der Waals surface area (Å²) < 4.78 is 1.07. The van der Waals surface area contributed by atoms with Gasteiger partial charge in [-0.15, -0.1) is 0 Å². The largest absolute Gasteiger partial charge is 0.350 e. The van der Waals surface area contributed by atoms with Gasteiger partial charge in [0.1, 0.15) is 5.82 Å². The molecule has 0 bridgehead atoms. The topological polar surface area (TPSA) is 49.8 Å². The highest BCUT2D eigenvalue weighted by Crippen LogP contribution is 2.23. The van der Waals surface area contributed by atoms with Crippen molar-refractivity contribution in [2.75, 3.05) is 10.6 Å². The van der Waals surface area contributed by atoms with E-state index in [1.807, 2.05) is 18.2 Å². The molecule has 0 saturated carbocycles. The van der Waals surface area contributed by atoms with E-state index in [4.69, 9.17) is 0 Å². The lowest BCUT2D eigenvalue weighted by atomic mass is 10.1. The molecule has 122 valence electrons. The molecular formula is C19H19BrN4. The first-order chi connectivity index (χ1) is 11.6. The Hall–Kier alpha value is -2.40. The third-order valence-electron chi connectivity index (χ3n) is 3.63. The van der Waals surface area contributed by atoms with Crippen LogP contribution in [0, 0.1) is 13.8 Å². The lowest BCUT2D eigenvalue weighted by Gasteiger charge is -2.10. The average Bonchev–Trinajstić information content (AvgIpc) is 2.57. The maximum Gasteiger partial charge on any atom is 0.224 e. The van der Waals surface area contributed by atoms with Crippen LogP contribution >= 0.6 is 15.9 Å². The summed E-state index contributed by atoms with van der Waals surface area (Å²) in [4.78, 5) is 8.79. The molecule has 1 heterocycles. The second-order valence-electron chi connectivity index (χ2n) is 5.70. The lowest BCUT2D eigenvalue weighted by molar-refractivity contribution is 1.05. The first-order valence-corrected chi connectivity index (χ1v) is 8.55. The van der Waals surface area contributed by atoms with E-state index in [1.165, 1.54) is 16.7 Å². The molecule has 3 rings (SSSR count). The molecule has 4 nitrogen and oxygen atoms in total. The Morgan fingerprint density at radius 3 is 2.71 bits per heavy atom. The molecule has 0 atom stereocenters. The second kappa shape index (κ2) is 7.45. The van der Waals surface area contributed by atoms with Gasteiger partial charge in [-0.05, 0) is 43.2 Å². The summed E-state index contributed by atoms with van der Waals surface area (Å²) >= 11 is 3.55. The molecule has 0 radical (unpaired) electrons. The van der Waals surface area contributed by atoms with Crippen LogP contribution in [-0.4, -0.2) is 9.97 Å². The monoisotopic (exact) mass is 382 g/mol. The van der Waals surface area contributed by atoms with Crippen LogP contribution in [0.5, 0.6) is 0 Å². The van der Waals surface area contributed by atoms with Crippen molar-refractivity contribution in [3.63, 3.8) is 0 Å². The van der Waals surface area contributed by atoms with Gasteiger partial charge in [0, 0.05) is 22.9 Å². The van der Waals surface area contributed by atoms with Crippen molar-refractivity contribution >= 4 is 33.4 Å². The van der Waals surface area contributed by atoms with E-state index in [9.17, 15) is 0 Å². The van der Waals surface area contributed by atoms with E-state index < -0.39 is 0 Å². The van der Waals surface area contributed by atoms with Gasteiger partial charge in [-0.2, -0.15) is 4.98 Å². The number of anilines is 3. The first-order valence-electron chi connectivity index (χ1n) is 7.76. The van der Waals surface area contributed by atoms with Crippen LogP contribution in [-0.2, 0) is 6.54 Å². The SMILES string of the molecule is Cc1cccc(CNc2nccc(Nc3ccc(C)c(Br)c3)n2)c1. The molecule has 0 aliphatic heterocycles. The third kappa shape index (κ3) is 4.32. The Morgan fingerprint density at radius 2 is 1.92 bits per heavy atom. The van der Waals surface area contributed by atoms with Gasteiger partial charge in [0.15, 0.2) is 0 Å². The summed E-state index contributed by atoms with van der Waals surface area (Å²) in [6.07, 6.45) is 1.75. The number of hydrogen-bond acceptors (Lipinski definition) is 4. The average molecular weight is 383 g/mol. The van der Waals surface area contributed by atoms with Crippen molar-refractivity contribution in [3.8, 4) is 0 Å². The standard InChI is InChI=1S/C19H19BrN4/c1-13-4-3-5-15(10-13)12-22-19-21-9-8-18(24-19)23-16-7-6-14(2)17(20)11-16/h3-11H,12H2,1-2H3,(H2,21,22,23,24). The molecule has 1 aromatic heterocycles. The number of benzene rings is 2. The van der Waals surface area contributed by atoms with Crippen LogP contribution in [0.15, 0.2) is 59.2 Å². The molecule has 24 heavy (non-hydrogen) atoms. The van der Waals surface area contributed by atoms with Gasteiger partial charge in [-0.3, -0.25) is 0 Å². The van der Waals surface area contributed by atoms with Gasteiger partial charge < -0.3 is 10.6 Å². The Labute approximate surface area is 150 Å². The molecule has 2 N–H and O–H groups in total. The zero-order valence-electron chi connectivity index (χ0n) is 13.7. The summed E-state index contributed by atoms with van der Waals surface area (Å²) in [5.41, 5.74) is 4.63. The van der Waals surface area contributed by atoms with Crippen LogP contribution in [0.2, 0.25) is 0 Å². The van der Waals surface area contributed by atoms with E-state index in [1.54, 1.807) is 6.20 Å². The first kappa shape index (κ1) is 16.5. The van der Waals surface area contributed by atoms with Crippen LogP contribution in [0.1, 0.15) is 16.7 Å². The Balaban J connectivity index is 1.68. The Kier molecular flexibility index (Phi) is 5.11. The second-order valence-corrected chi connectivity index (χ2v) is 6.55. The van der Waals surface area contributed by atoms with Crippen molar-refractivity contribution in [2.45, 2.75) is 20.4 Å². The molecule has 2 aromatic carbocycles. The number of nitrogens with zero attached hydrogens (tertiary/aromatic N) is 2. The third-order valence-corrected chi connectivity index (χ3v) is 4.49. The predicted octanol–water partition coefficient (Wildman–Crippen LogP) is 5.21. The van der Waals surface area contributed by atoms with Crippen LogP contribution in [0.25, 0.3) is 0 Å². The zero-order valence-corrected chi connectivity index (χ0v) is 15.3. The minimum absolute atomic E-state index is 0.604. The minimum atomic E-state index is 0.604. The normalized spacial score (nSPS) is 10.5. The Bertz CT molecular complexity index is 848. The molecule has 0 unspecified atom stereocenters. The molecule has 5 heteroatoms.